The molecular formula is C21H23N4O2+. The lowest BCUT2D eigenvalue weighted by molar-refractivity contribution is -0.909. The Bertz CT molecular complexity index is 1050. The van der Waals surface area contributed by atoms with Gasteiger partial charge in [0.1, 0.15) is 0 Å². The molecule has 6 heteroatoms. The standard InChI is InChI=1S/C21H22N4O2/c1-14(25-11-9-16(10-12-25)15-5-3-2-4-6-15)20(26)22-17-7-8-18-19(13-17)24-21(27)23-18/h2-9,13-14H,10-12H2,1H3,(H,22,26)(H2,23,24,27)/p+1/t14-/m0/s1. The number of aromatic amines is 2. The van der Waals surface area contributed by atoms with E-state index in [1.54, 1.807) is 18.2 Å². The molecule has 4 rings (SSSR count). The quantitative estimate of drug-likeness (QED) is 0.567. The molecule has 138 valence electrons. The highest BCUT2D eigenvalue weighted by atomic mass is 16.2. The van der Waals surface area contributed by atoms with Gasteiger partial charge in [-0.1, -0.05) is 30.3 Å². The first-order chi connectivity index (χ1) is 13.1. The molecule has 2 aromatic carbocycles. The first-order valence-electron chi connectivity index (χ1n) is 9.22. The largest absolute Gasteiger partial charge is 0.323 e. The molecule has 0 spiro atoms. The SMILES string of the molecule is C[C@@H](C(=O)Nc1ccc2[nH]c(=O)[nH]c2c1)[NH+]1CC=C(c2ccccc2)CC1. The van der Waals surface area contributed by atoms with Gasteiger partial charge in [0, 0.05) is 12.1 Å². The van der Waals surface area contributed by atoms with Crippen molar-refractivity contribution in [3.05, 3.63) is 70.7 Å². The second kappa shape index (κ2) is 7.25. The fourth-order valence-corrected chi connectivity index (χ4v) is 3.61. The molecule has 0 aliphatic carbocycles. The van der Waals surface area contributed by atoms with E-state index in [2.05, 4.69) is 45.6 Å². The monoisotopic (exact) mass is 363 g/mol. The molecule has 3 aromatic rings. The number of amides is 1. The van der Waals surface area contributed by atoms with Crippen molar-refractivity contribution in [3.63, 3.8) is 0 Å². The fourth-order valence-electron chi connectivity index (χ4n) is 3.61. The summed E-state index contributed by atoms with van der Waals surface area (Å²) in [5.41, 5.74) is 4.47. The van der Waals surface area contributed by atoms with Crippen molar-refractivity contribution in [2.75, 3.05) is 18.4 Å². The van der Waals surface area contributed by atoms with E-state index in [0.29, 0.717) is 11.2 Å². The van der Waals surface area contributed by atoms with E-state index in [-0.39, 0.29) is 17.6 Å². The lowest BCUT2D eigenvalue weighted by atomic mass is 9.99. The van der Waals surface area contributed by atoms with E-state index >= 15 is 0 Å². The topological polar surface area (TPSA) is 82.2 Å². The summed E-state index contributed by atoms with van der Waals surface area (Å²) >= 11 is 0. The molecule has 0 radical (unpaired) electrons. The molecule has 27 heavy (non-hydrogen) atoms. The molecule has 0 saturated heterocycles. The van der Waals surface area contributed by atoms with Gasteiger partial charge in [-0.2, -0.15) is 0 Å². The van der Waals surface area contributed by atoms with Gasteiger partial charge in [-0.3, -0.25) is 4.79 Å². The van der Waals surface area contributed by atoms with Gasteiger partial charge < -0.3 is 20.2 Å². The minimum Gasteiger partial charge on any atom is -0.321 e. The molecule has 0 saturated carbocycles. The summed E-state index contributed by atoms with van der Waals surface area (Å²) < 4.78 is 0. The number of hydrogen-bond acceptors (Lipinski definition) is 2. The van der Waals surface area contributed by atoms with Crippen LogP contribution in [0, 0.1) is 0 Å². The van der Waals surface area contributed by atoms with Crippen LogP contribution in [0.5, 0.6) is 0 Å². The normalized spacial score (nSPS) is 18.1. The number of nitrogens with one attached hydrogen (secondary N) is 4. The van der Waals surface area contributed by atoms with Gasteiger partial charge in [-0.25, -0.2) is 4.79 Å². The predicted molar refractivity (Wildman–Crippen MR) is 107 cm³/mol. The number of carbonyl (C=O) groups is 1. The number of benzene rings is 2. The molecule has 1 unspecified atom stereocenters. The Labute approximate surface area is 156 Å². The average Bonchev–Trinajstić information content (AvgIpc) is 3.07. The first kappa shape index (κ1) is 17.3. The molecule has 6 nitrogen and oxygen atoms in total. The van der Waals surface area contributed by atoms with Crippen molar-refractivity contribution >= 4 is 28.2 Å². The summed E-state index contributed by atoms with van der Waals surface area (Å²) in [5, 5.41) is 2.97. The van der Waals surface area contributed by atoms with Crippen LogP contribution in [0.15, 0.2) is 59.4 Å². The molecule has 1 aliphatic rings. The van der Waals surface area contributed by atoms with Crippen molar-refractivity contribution in [3.8, 4) is 0 Å². The van der Waals surface area contributed by atoms with Gasteiger partial charge in [0.25, 0.3) is 5.91 Å². The molecule has 4 N–H and O–H groups in total. The summed E-state index contributed by atoms with van der Waals surface area (Å²) in [6.45, 7) is 3.73. The lowest BCUT2D eigenvalue weighted by Gasteiger charge is -2.28. The second-order valence-corrected chi connectivity index (χ2v) is 7.01. The van der Waals surface area contributed by atoms with Gasteiger partial charge in [-0.15, -0.1) is 0 Å². The Balaban J connectivity index is 1.41. The van der Waals surface area contributed by atoms with E-state index in [1.807, 2.05) is 13.0 Å². The Morgan fingerprint density at radius 2 is 1.89 bits per heavy atom. The van der Waals surface area contributed by atoms with Crippen molar-refractivity contribution < 1.29 is 9.69 Å². The van der Waals surface area contributed by atoms with Gasteiger partial charge in [0.15, 0.2) is 6.04 Å². The zero-order valence-electron chi connectivity index (χ0n) is 15.2. The fraction of sp³-hybridized carbons (Fsp3) is 0.238. The molecule has 1 aliphatic heterocycles. The highest BCUT2D eigenvalue weighted by Crippen LogP contribution is 2.18. The number of anilines is 1. The number of H-pyrrole nitrogens is 2. The lowest BCUT2D eigenvalue weighted by Crippen LogP contribution is -3.17. The van der Waals surface area contributed by atoms with Crippen LogP contribution >= 0.6 is 0 Å². The first-order valence-corrected chi connectivity index (χ1v) is 9.22. The number of fused-ring (bicyclic) bond motifs is 1. The van der Waals surface area contributed by atoms with Crippen LogP contribution in [0.2, 0.25) is 0 Å². The van der Waals surface area contributed by atoms with Crippen LogP contribution in [-0.4, -0.2) is 35.0 Å². The number of hydrogen-bond donors (Lipinski definition) is 4. The Kier molecular flexibility index (Phi) is 4.64. The third kappa shape index (κ3) is 3.71. The summed E-state index contributed by atoms with van der Waals surface area (Å²) in [5.74, 6) is -0.0150. The van der Waals surface area contributed by atoms with E-state index in [0.717, 1.165) is 25.0 Å². The van der Waals surface area contributed by atoms with Crippen LogP contribution in [0.4, 0.5) is 5.69 Å². The van der Waals surface area contributed by atoms with Crippen molar-refractivity contribution in [2.45, 2.75) is 19.4 Å². The van der Waals surface area contributed by atoms with E-state index < -0.39 is 0 Å². The molecule has 1 amide bonds. The second-order valence-electron chi connectivity index (χ2n) is 7.01. The van der Waals surface area contributed by atoms with Crippen molar-refractivity contribution in [2.24, 2.45) is 0 Å². The highest BCUT2D eigenvalue weighted by molar-refractivity contribution is 5.95. The highest BCUT2D eigenvalue weighted by Gasteiger charge is 2.27. The summed E-state index contributed by atoms with van der Waals surface area (Å²) in [6.07, 6.45) is 3.21. The third-order valence-electron chi connectivity index (χ3n) is 5.26. The van der Waals surface area contributed by atoms with Crippen LogP contribution in [0.3, 0.4) is 0 Å². The maximum atomic E-state index is 12.7. The van der Waals surface area contributed by atoms with Crippen LogP contribution in [-0.2, 0) is 4.79 Å². The average molecular weight is 363 g/mol. The smallest absolute Gasteiger partial charge is 0.321 e. The number of quaternary nitrogens is 1. The van der Waals surface area contributed by atoms with E-state index in [9.17, 15) is 9.59 Å². The zero-order chi connectivity index (χ0) is 18.8. The Morgan fingerprint density at radius 3 is 2.63 bits per heavy atom. The third-order valence-corrected chi connectivity index (χ3v) is 5.26. The predicted octanol–water partition coefficient (Wildman–Crippen LogP) is 1.56. The minimum atomic E-state index is -0.249. The van der Waals surface area contributed by atoms with Crippen molar-refractivity contribution in [1.82, 2.24) is 9.97 Å². The minimum absolute atomic E-state index is 0.0150. The summed E-state index contributed by atoms with van der Waals surface area (Å²) in [4.78, 5) is 30.7. The Morgan fingerprint density at radius 1 is 1.11 bits per heavy atom. The van der Waals surface area contributed by atoms with Crippen LogP contribution < -0.4 is 15.9 Å². The Hall–Kier alpha value is -3.12. The van der Waals surface area contributed by atoms with Gasteiger partial charge in [0.05, 0.1) is 24.1 Å². The van der Waals surface area contributed by atoms with Crippen molar-refractivity contribution in [1.29, 1.82) is 0 Å². The maximum Gasteiger partial charge on any atom is 0.323 e. The number of aromatic nitrogens is 2. The molecule has 2 heterocycles. The van der Waals surface area contributed by atoms with E-state index in [4.69, 9.17) is 0 Å². The van der Waals surface area contributed by atoms with Crippen LogP contribution in [0.1, 0.15) is 18.9 Å². The maximum absolute atomic E-state index is 12.7. The van der Waals surface area contributed by atoms with Gasteiger partial charge >= 0.3 is 5.69 Å². The molecule has 0 fully saturated rings. The molecule has 1 aromatic heterocycles. The number of imidazole rings is 1. The van der Waals surface area contributed by atoms with Gasteiger partial charge in [-0.05, 0) is 42.3 Å². The molecule has 2 atom stereocenters. The summed E-state index contributed by atoms with van der Waals surface area (Å²) in [6, 6.07) is 15.6. The zero-order valence-corrected chi connectivity index (χ0v) is 15.2. The van der Waals surface area contributed by atoms with Gasteiger partial charge in [0.2, 0.25) is 0 Å². The summed E-state index contributed by atoms with van der Waals surface area (Å²) in [7, 11) is 0. The number of rotatable bonds is 4. The molecular weight excluding hydrogens is 340 g/mol. The number of carbonyl (C=O) groups excluding carboxylic acids is 1. The van der Waals surface area contributed by atoms with E-state index in [1.165, 1.54) is 16.0 Å². The molecule has 0 bridgehead atoms. The van der Waals surface area contributed by atoms with Crippen LogP contribution in [0.25, 0.3) is 16.6 Å².